The van der Waals surface area contributed by atoms with Crippen LogP contribution in [-0.4, -0.2) is 40.2 Å². The first-order chi connectivity index (χ1) is 13.2. The highest BCUT2D eigenvalue weighted by atomic mass is 35.5. The van der Waals surface area contributed by atoms with Crippen LogP contribution in [0.4, 0.5) is 5.69 Å². The van der Waals surface area contributed by atoms with Gasteiger partial charge in [-0.05, 0) is 24.1 Å². The zero-order valence-corrected chi connectivity index (χ0v) is 15.9. The highest BCUT2D eigenvalue weighted by Gasteiger charge is 2.28. The number of benzene rings is 1. The molecular formula is C18H18ClN3O6. The SMILES string of the molecule is CC(C)[C@H](NC(=O)c1cc([N+](=O)[O-])ccc1Cl)C(=O)OCC(=O)c1ccc[nH]1. The van der Waals surface area contributed by atoms with Gasteiger partial charge in [-0.3, -0.25) is 19.7 Å². The fourth-order valence-corrected chi connectivity index (χ4v) is 2.53. The molecule has 0 aliphatic heterocycles. The molecule has 1 atom stereocenters. The minimum absolute atomic E-state index is 0.000830. The van der Waals surface area contributed by atoms with Gasteiger partial charge in [0.05, 0.1) is 21.2 Å². The smallest absolute Gasteiger partial charge is 0.329 e. The molecule has 0 spiro atoms. The number of ketones is 1. The van der Waals surface area contributed by atoms with E-state index >= 15 is 0 Å². The summed E-state index contributed by atoms with van der Waals surface area (Å²) in [5, 5.41) is 13.4. The van der Waals surface area contributed by atoms with Crippen LogP contribution in [0.15, 0.2) is 36.5 Å². The predicted octanol–water partition coefficient (Wildman–Crippen LogP) is 2.76. The Bertz CT molecular complexity index is 895. The van der Waals surface area contributed by atoms with Crippen molar-refractivity contribution in [1.82, 2.24) is 10.3 Å². The summed E-state index contributed by atoms with van der Waals surface area (Å²) < 4.78 is 5.02. The molecule has 148 valence electrons. The lowest BCUT2D eigenvalue weighted by Crippen LogP contribution is -2.45. The molecule has 1 amide bonds. The normalized spacial score (nSPS) is 11.7. The molecule has 28 heavy (non-hydrogen) atoms. The first-order valence-electron chi connectivity index (χ1n) is 8.28. The largest absolute Gasteiger partial charge is 0.456 e. The number of hydrogen-bond acceptors (Lipinski definition) is 6. The van der Waals surface area contributed by atoms with Crippen LogP contribution in [0.1, 0.15) is 34.7 Å². The van der Waals surface area contributed by atoms with E-state index in [-0.39, 0.29) is 22.2 Å². The van der Waals surface area contributed by atoms with Gasteiger partial charge in [0.1, 0.15) is 6.04 Å². The molecule has 1 aromatic carbocycles. The molecule has 1 heterocycles. The number of non-ortho nitro benzene ring substituents is 1. The van der Waals surface area contributed by atoms with E-state index < -0.39 is 35.2 Å². The number of nitrogens with one attached hydrogen (secondary N) is 2. The first-order valence-corrected chi connectivity index (χ1v) is 8.66. The number of nitrogens with zero attached hydrogens (tertiary/aromatic N) is 1. The Morgan fingerprint density at radius 2 is 2.00 bits per heavy atom. The van der Waals surface area contributed by atoms with E-state index in [9.17, 15) is 24.5 Å². The van der Waals surface area contributed by atoms with Crippen LogP contribution in [0.25, 0.3) is 0 Å². The van der Waals surface area contributed by atoms with E-state index in [1.807, 2.05) is 0 Å². The third-order valence-corrected chi connectivity index (χ3v) is 4.19. The van der Waals surface area contributed by atoms with E-state index in [1.54, 1.807) is 32.2 Å². The van der Waals surface area contributed by atoms with Crippen molar-refractivity contribution < 1.29 is 24.0 Å². The Labute approximate surface area is 165 Å². The van der Waals surface area contributed by atoms with Crippen molar-refractivity contribution >= 4 is 34.9 Å². The number of nitro groups is 1. The number of H-pyrrole nitrogens is 1. The zero-order chi connectivity index (χ0) is 20.8. The molecule has 1 aromatic heterocycles. The second-order valence-corrected chi connectivity index (χ2v) is 6.64. The van der Waals surface area contributed by atoms with E-state index in [4.69, 9.17) is 16.3 Å². The number of aromatic nitrogens is 1. The number of halogens is 1. The maximum absolute atomic E-state index is 12.5. The minimum atomic E-state index is -1.07. The summed E-state index contributed by atoms with van der Waals surface area (Å²) in [6, 6.07) is 5.53. The van der Waals surface area contributed by atoms with Gasteiger partial charge in [0.15, 0.2) is 6.61 Å². The molecule has 2 aromatic rings. The van der Waals surface area contributed by atoms with Gasteiger partial charge in [0.2, 0.25) is 5.78 Å². The number of carbonyl (C=O) groups is 3. The van der Waals surface area contributed by atoms with E-state index in [0.29, 0.717) is 5.69 Å². The van der Waals surface area contributed by atoms with Crippen LogP contribution >= 0.6 is 11.6 Å². The molecule has 0 radical (unpaired) electrons. The number of esters is 1. The standard InChI is InChI=1S/C18H18ClN3O6/c1-10(2)16(18(25)28-9-15(23)14-4-3-7-20-14)21-17(24)12-8-11(22(26)27)5-6-13(12)19/h3-8,10,16,20H,9H2,1-2H3,(H,21,24)/t16-/m0/s1. The van der Waals surface area contributed by atoms with Crippen LogP contribution in [0.3, 0.4) is 0 Å². The summed E-state index contributed by atoms with van der Waals surface area (Å²) in [4.78, 5) is 49.7. The summed E-state index contributed by atoms with van der Waals surface area (Å²) in [5.41, 5.74) is -0.159. The Balaban J connectivity index is 2.08. The van der Waals surface area contributed by atoms with Gasteiger partial charge in [-0.1, -0.05) is 25.4 Å². The molecular weight excluding hydrogens is 390 g/mol. The van der Waals surface area contributed by atoms with Crippen molar-refractivity contribution in [3.63, 3.8) is 0 Å². The van der Waals surface area contributed by atoms with Gasteiger partial charge in [0, 0.05) is 18.3 Å². The number of hydrogen-bond donors (Lipinski definition) is 2. The van der Waals surface area contributed by atoms with Gasteiger partial charge in [0.25, 0.3) is 11.6 Å². The van der Waals surface area contributed by atoms with Crippen LogP contribution in [0.2, 0.25) is 5.02 Å². The van der Waals surface area contributed by atoms with Gasteiger partial charge in [-0.2, -0.15) is 0 Å². The van der Waals surface area contributed by atoms with Gasteiger partial charge in [-0.15, -0.1) is 0 Å². The fourth-order valence-electron chi connectivity index (χ4n) is 2.33. The highest BCUT2D eigenvalue weighted by Crippen LogP contribution is 2.22. The van der Waals surface area contributed by atoms with Gasteiger partial charge < -0.3 is 15.0 Å². The Kier molecular flexibility index (Phi) is 6.89. The quantitative estimate of drug-likeness (QED) is 0.299. The minimum Gasteiger partial charge on any atom is -0.456 e. The van der Waals surface area contributed by atoms with E-state index in [0.717, 1.165) is 6.07 Å². The monoisotopic (exact) mass is 407 g/mol. The van der Waals surface area contributed by atoms with Crippen molar-refractivity contribution in [2.45, 2.75) is 19.9 Å². The number of carbonyl (C=O) groups excluding carboxylic acids is 3. The Morgan fingerprint density at radius 1 is 1.29 bits per heavy atom. The molecule has 10 heteroatoms. The zero-order valence-electron chi connectivity index (χ0n) is 15.1. The summed E-state index contributed by atoms with van der Waals surface area (Å²) >= 11 is 5.95. The highest BCUT2D eigenvalue weighted by molar-refractivity contribution is 6.34. The summed E-state index contributed by atoms with van der Waals surface area (Å²) in [7, 11) is 0. The molecule has 0 saturated carbocycles. The lowest BCUT2D eigenvalue weighted by Gasteiger charge is -2.21. The molecule has 0 aliphatic rings. The topological polar surface area (TPSA) is 131 Å². The second kappa shape index (κ2) is 9.14. The lowest BCUT2D eigenvalue weighted by molar-refractivity contribution is -0.384. The lowest BCUT2D eigenvalue weighted by atomic mass is 10.0. The Hall–Kier alpha value is -3.20. The number of rotatable bonds is 8. The molecule has 0 unspecified atom stereocenters. The van der Waals surface area contributed by atoms with Crippen LogP contribution < -0.4 is 5.32 Å². The van der Waals surface area contributed by atoms with Gasteiger partial charge in [-0.25, -0.2) is 4.79 Å². The molecule has 0 saturated heterocycles. The predicted molar refractivity (Wildman–Crippen MR) is 100 cm³/mol. The number of nitro benzene ring substituents is 1. The van der Waals surface area contributed by atoms with Crippen molar-refractivity contribution in [3.05, 3.63) is 62.9 Å². The Morgan fingerprint density at radius 3 is 2.57 bits per heavy atom. The summed E-state index contributed by atoms with van der Waals surface area (Å²) in [6.07, 6.45) is 1.56. The summed E-state index contributed by atoms with van der Waals surface area (Å²) in [5.74, 6) is -2.35. The number of amides is 1. The van der Waals surface area contributed by atoms with E-state index in [1.165, 1.54) is 12.1 Å². The molecule has 0 fully saturated rings. The number of aromatic amines is 1. The van der Waals surface area contributed by atoms with Gasteiger partial charge >= 0.3 is 5.97 Å². The third-order valence-electron chi connectivity index (χ3n) is 3.86. The average Bonchev–Trinajstić information content (AvgIpc) is 3.18. The van der Waals surface area contributed by atoms with Crippen LogP contribution in [0, 0.1) is 16.0 Å². The van der Waals surface area contributed by atoms with Crippen LogP contribution in [0.5, 0.6) is 0 Å². The second-order valence-electron chi connectivity index (χ2n) is 6.23. The van der Waals surface area contributed by atoms with Crippen molar-refractivity contribution in [1.29, 1.82) is 0 Å². The van der Waals surface area contributed by atoms with Crippen molar-refractivity contribution in [3.8, 4) is 0 Å². The molecule has 0 bridgehead atoms. The first kappa shape index (κ1) is 21.1. The average molecular weight is 408 g/mol. The van der Waals surface area contributed by atoms with Crippen molar-refractivity contribution in [2.75, 3.05) is 6.61 Å². The molecule has 2 rings (SSSR count). The number of ether oxygens (including phenoxy) is 1. The molecule has 2 N–H and O–H groups in total. The van der Waals surface area contributed by atoms with E-state index in [2.05, 4.69) is 10.3 Å². The fraction of sp³-hybridized carbons (Fsp3) is 0.278. The third kappa shape index (κ3) is 5.17. The van der Waals surface area contributed by atoms with Crippen LogP contribution in [-0.2, 0) is 9.53 Å². The maximum Gasteiger partial charge on any atom is 0.329 e. The summed E-state index contributed by atoms with van der Waals surface area (Å²) in [6.45, 7) is 2.86. The maximum atomic E-state index is 12.5. The molecule has 9 nitrogen and oxygen atoms in total. The van der Waals surface area contributed by atoms with Crippen molar-refractivity contribution in [2.24, 2.45) is 5.92 Å². The number of Topliss-reactive ketones (excluding diaryl/α,β-unsaturated/α-hetero) is 1. The molecule has 0 aliphatic carbocycles.